The molecule has 0 radical (unpaired) electrons. The molecule has 0 spiro atoms. The van der Waals surface area contributed by atoms with Crippen LogP contribution in [-0.4, -0.2) is 18.2 Å². The minimum absolute atomic E-state index is 0.00699. The Bertz CT molecular complexity index is 188. The average molecular weight is 199 g/mol. The van der Waals surface area contributed by atoms with E-state index in [1.165, 1.54) is 0 Å². The van der Waals surface area contributed by atoms with Crippen molar-refractivity contribution in [1.82, 2.24) is 5.32 Å². The summed E-state index contributed by atoms with van der Waals surface area (Å²) in [5.74, 6) is 0.196. The molecule has 0 saturated carbocycles. The molecule has 3 heteroatoms. The van der Waals surface area contributed by atoms with Crippen LogP contribution in [0.4, 0.5) is 0 Å². The van der Waals surface area contributed by atoms with Crippen LogP contribution in [0.1, 0.15) is 46.5 Å². The van der Waals surface area contributed by atoms with Crippen LogP contribution in [-0.2, 0) is 9.59 Å². The van der Waals surface area contributed by atoms with Crippen LogP contribution < -0.4 is 5.32 Å². The van der Waals surface area contributed by atoms with E-state index < -0.39 is 0 Å². The fraction of sp³-hybridized carbons (Fsp3) is 0.818. The van der Waals surface area contributed by atoms with Gasteiger partial charge in [-0.15, -0.1) is 0 Å². The second-order valence-corrected chi connectivity index (χ2v) is 3.82. The Hall–Kier alpha value is -0.860. The topological polar surface area (TPSA) is 46.2 Å². The van der Waals surface area contributed by atoms with E-state index in [4.69, 9.17) is 0 Å². The van der Waals surface area contributed by atoms with Gasteiger partial charge in [0.1, 0.15) is 5.78 Å². The summed E-state index contributed by atoms with van der Waals surface area (Å²) in [7, 11) is 0. The second kappa shape index (κ2) is 7.54. The van der Waals surface area contributed by atoms with Gasteiger partial charge in [0.15, 0.2) is 0 Å². The first-order chi connectivity index (χ1) is 6.57. The molecular formula is C11H21NO2. The van der Waals surface area contributed by atoms with Crippen LogP contribution in [0.2, 0.25) is 0 Å². The molecular weight excluding hydrogens is 178 g/mol. The number of Topliss-reactive ketones (excluding diaryl/α,β-unsaturated/α-hetero) is 1. The van der Waals surface area contributed by atoms with Crippen molar-refractivity contribution in [3.8, 4) is 0 Å². The highest BCUT2D eigenvalue weighted by Gasteiger charge is 2.09. The van der Waals surface area contributed by atoms with Crippen molar-refractivity contribution in [2.45, 2.75) is 46.5 Å². The number of unbranched alkanes of at least 4 members (excludes halogenated alkanes) is 1. The van der Waals surface area contributed by atoms with Crippen LogP contribution in [0.15, 0.2) is 0 Å². The third-order valence-electron chi connectivity index (χ3n) is 2.09. The minimum atomic E-state index is -0.00699. The quantitative estimate of drug-likeness (QED) is 0.637. The molecule has 0 aromatic heterocycles. The van der Waals surface area contributed by atoms with Crippen LogP contribution in [0.5, 0.6) is 0 Å². The van der Waals surface area contributed by atoms with E-state index in [0.717, 1.165) is 19.4 Å². The fourth-order valence-corrected chi connectivity index (χ4v) is 1.02. The lowest BCUT2D eigenvalue weighted by atomic mass is 10.0. The normalized spacial score (nSPS) is 10.3. The molecule has 0 aromatic rings. The number of hydrogen-bond donors (Lipinski definition) is 1. The molecule has 82 valence electrons. The summed E-state index contributed by atoms with van der Waals surface area (Å²) in [6.07, 6.45) is 2.78. The predicted molar refractivity (Wildman–Crippen MR) is 57.0 cm³/mol. The van der Waals surface area contributed by atoms with E-state index >= 15 is 0 Å². The molecule has 0 saturated heterocycles. The highest BCUT2D eigenvalue weighted by molar-refractivity contribution is 5.85. The molecule has 0 aromatic carbocycles. The summed E-state index contributed by atoms with van der Waals surface area (Å²) in [5, 5.41) is 2.79. The van der Waals surface area contributed by atoms with Gasteiger partial charge in [-0.25, -0.2) is 0 Å². The lowest BCUT2D eigenvalue weighted by Crippen LogP contribution is -2.25. The molecule has 0 aliphatic carbocycles. The van der Waals surface area contributed by atoms with Crippen LogP contribution in [0.25, 0.3) is 0 Å². The smallest absolute Gasteiger partial charge is 0.220 e. The first kappa shape index (κ1) is 13.1. The zero-order valence-corrected chi connectivity index (χ0v) is 9.43. The van der Waals surface area contributed by atoms with Gasteiger partial charge in [0, 0.05) is 25.3 Å². The Balaban J connectivity index is 3.49. The number of hydrogen-bond acceptors (Lipinski definition) is 2. The predicted octanol–water partition coefficient (Wildman–Crippen LogP) is 1.91. The van der Waals surface area contributed by atoms with E-state index in [0.29, 0.717) is 12.8 Å². The summed E-state index contributed by atoms with van der Waals surface area (Å²) in [4.78, 5) is 22.4. The third kappa shape index (κ3) is 6.63. The summed E-state index contributed by atoms with van der Waals surface area (Å²) in [5.41, 5.74) is 0. The molecule has 0 atom stereocenters. The molecule has 1 N–H and O–H groups in total. The molecule has 0 bridgehead atoms. The summed E-state index contributed by atoms with van der Waals surface area (Å²) in [6, 6.07) is 0. The minimum Gasteiger partial charge on any atom is -0.356 e. The maximum Gasteiger partial charge on any atom is 0.220 e. The Morgan fingerprint density at radius 1 is 1.21 bits per heavy atom. The standard InChI is InChI=1S/C11H21NO2/c1-4-5-8-12-11(14)7-6-10(13)9(2)3/h9H,4-8H2,1-3H3,(H,12,14). The number of ketones is 1. The molecule has 0 rings (SSSR count). The number of carbonyl (C=O) groups is 2. The van der Waals surface area contributed by atoms with Crippen molar-refractivity contribution in [2.75, 3.05) is 6.54 Å². The van der Waals surface area contributed by atoms with Crippen molar-refractivity contribution in [3.63, 3.8) is 0 Å². The largest absolute Gasteiger partial charge is 0.356 e. The van der Waals surface area contributed by atoms with Gasteiger partial charge >= 0.3 is 0 Å². The van der Waals surface area contributed by atoms with E-state index in [1.54, 1.807) is 0 Å². The van der Waals surface area contributed by atoms with Gasteiger partial charge in [0.2, 0.25) is 5.91 Å². The molecule has 14 heavy (non-hydrogen) atoms. The monoisotopic (exact) mass is 199 g/mol. The Morgan fingerprint density at radius 2 is 1.86 bits per heavy atom. The highest BCUT2D eigenvalue weighted by atomic mass is 16.2. The van der Waals surface area contributed by atoms with Gasteiger partial charge in [0.25, 0.3) is 0 Å². The zero-order valence-electron chi connectivity index (χ0n) is 9.43. The maximum atomic E-state index is 11.2. The Morgan fingerprint density at radius 3 is 2.36 bits per heavy atom. The van der Waals surface area contributed by atoms with Crippen LogP contribution >= 0.6 is 0 Å². The second-order valence-electron chi connectivity index (χ2n) is 3.82. The average Bonchev–Trinajstić information content (AvgIpc) is 2.14. The highest BCUT2D eigenvalue weighted by Crippen LogP contribution is 2.01. The molecule has 0 aliphatic rings. The van der Waals surface area contributed by atoms with Crippen molar-refractivity contribution in [3.05, 3.63) is 0 Å². The number of carbonyl (C=O) groups excluding carboxylic acids is 2. The van der Waals surface area contributed by atoms with E-state index in [9.17, 15) is 9.59 Å². The molecule has 0 fully saturated rings. The van der Waals surface area contributed by atoms with Crippen molar-refractivity contribution >= 4 is 11.7 Å². The lowest BCUT2D eigenvalue weighted by Gasteiger charge is -2.05. The third-order valence-corrected chi connectivity index (χ3v) is 2.09. The van der Waals surface area contributed by atoms with Crippen molar-refractivity contribution in [1.29, 1.82) is 0 Å². The van der Waals surface area contributed by atoms with Gasteiger partial charge in [-0.1, -0.05) is 27.2 Å². The van der Waals surface area contributed by atoms with Gasteiger partial charge in [0.05, 0.1) is 0 Å². The molecule has 0 unspecified atom stereocenters. The van der Waals surface area contributed by atoms with Gasteiger partial charge in [-0.2, -0.15) is 0 Å². The van der Waals surface area contributed by atoms with Crippen LogP contribution in [0.3, 0.4) is 0 Å². The first-order valence-electron chi connectivity index (χ1n) is 5.37. The van der Waals surface area contributed by atoms with Crippen molar-refractivity contribution in [2.24, 2.45) is 5.92 Å². The summed E-state index contributed by atoms with van der Waals surface area (Å²) >= 11 is 0. The molecule has 3 nitrogen and oxygen atoms in total. The molecule has 1 amide bonds. The number of rotatable bonds is 7. The molecule has 0 aliphatic heterocycles. The maximum absolute atomic E-state index is 11.2. The van der Waals surface area contributed by atoms with Gasteiger partial charge in [-0.05, 0) is 6.42 Å². The van der Waals surface area contributed by atoms with Crippen LogP contribution in [0, 0.1) is 5.92 Å². The lowest BCUT2D eigenvalue weighted by molar-refractivity contribution is -0.126. The van der Waals surface area contributed by atoms with Crippen molar-refractivity contribution < 1.29 is 9.59 Å². The van der Waals surface area contributed by atoms with Gasteiger partial charge < -0.3 is 5.32 Å². The number of amides is 1. The van der Waals surface area contributed by atoms with E-state index in [-0.39, 0.29) is 17.6 Å². The summed E-state index contributed by atoms with van der Waals surface area (Å²) < 4.78 is 0. The zero-order chi connectivity index (χ0) is 11.0. The molecule has 0 heterocycles. The number of nitrogens with one attached hydrogen (secondary N) is 1. The SMILES string of the molecule is CCCCNC(=O)CCC(=O)C(C)C. The Kier molecular flexibility index (Phi) is 7.07. The fourth-order valence-electron chi connectivity index (χ4n) is 1.02. The van der Waals surface area contributed by atoms with E-state index in [2.05, 4.69) is 12.2 Å². The Labute approximate surface area is 86.3 Å². The van der Waals surface area contributed by atoms with Gasteiger partial charge in [-0.3, -0.25) is 9.59 Å². The first-order valence-corrected chi connectivity index (χ1v) is 5.37. The summed E-state index contributed by atoms with van der Waals surface area (Å²) in [6.45, 7) is 6.52. The van der Waals surface area contributed by atoms with E-state index in [1.807, 2.05) is 13.8 Å².